The molecule has 0 heterocycles. The molecule has 3 nitrogen and oxygen atoms in total. The van der Waals surface area contributed by atoms with Gasteiger partial charge in [0.2, 0.25) is 0 Å². The van der Waals surface area contributed by atoms with E-state index >= 15 is 0 Å². The maximum atomic E-state index is 12.8. The summed E-state index contributed by atoms with van der Waals surface area (Å²) in [6.45, 7) is 0. The van der Waals surface area contributed by atoms with Crippen molar-refractivity contribution >= 4 is 21.9 Å². The topological polar surface area (TPSA) is 57.5 Å². The quantitative estimate of drug-likeness (QED) is 0.791. The molecule has 1 aromatic rings. The number of aryl methyl sites for hydroxylation is 1. The first kappa shape index (κ1) is 15.0. The predicted octanol–water partition coefficient (Wildman–Crippen LogP) is 3.07. The van der Waals surface area contributed by atoms with Gasteiger partial charge in [-0.3, -0.25) is 0 Å². The van der Waals surface area contributed by atoms with Crippen LogP contribution in [0.5, 0.6) is 0 Å². The highest BCUT2D eigenvalue weighted by Crippen LogP contribution is 2.31. The molecule has 1 unspecified atom stereocenters. The molecule has 0 saturated heterocycles. The van der Waals surface area contributed by atoms with Gasteiger partial charge in [-0.05, 0) is 18.4 Å². The average molecular weight is 323 g/mol. The van der Waals surface area contributed by atoms with Crippen molar-refractivity contribution in [2.45, 2.75) is 25.4 Å². The minimum absolute atomic E-state index is 0.180. The highest BCUT2D eigenvalue weighted by molar-refractivity contribution is 9.09. The van der Waals surface area contributed by atoms with Crippen LogP contribution in [-0.2, 0) is 11.2 Å². The van der Waals surface area contributed by atoms with Gasteiger partial charge in [0.15, 0.2) is 6.10 Å². The van der Waals surface area contributed by atoms with Crippen LogP contribution in [0.2, 0.25) is 0 Å². The number of rotatable bonds is 6. The first-order chi connectivity index (χ1) is 8.49. The lowest BCUT2D eigenvalue weighted by molar-refractivity contribution is -0.147. The highest BCUT2D eigenvalue weighted by atomic mass is 79.9. The van der Waals surface area contributed by atoms with Gasteiger partial charge in [0.25, 0.3) is 6.43 Å². The summed E-state index contributed by atoms with van der Waals surface area (Å²) in [5.74, 6) is -1.52. The molecule has 0 aliphatic carbocycles. The van der Waals surface area contributed by atoms with Crippen molar-refractivity contribution in [2.24, 2.45) is 0 Å². The maximum Gasteiger partial charge on any atom is 0.337 e. The molecule has 0 fully saturated rings. The van der Waals surface area contributed by atoms with Crippen molar-refractivity contribution in [3.8, 4) is 0 Å². The standard InChI is InChI=1S/C12H13BrF2O3/c13-6-2-4-7-3-1-5-8(11(14)15)9(7)10(16)12(17)18/h1,3,5,10-11,16H,2,4,6H2,(H,17,18). The number of carboxylic acid groups (broad SMARTS) is 1. The Kier molecular flexibility index (Phi) is 5.68. The Morgan fingerprint density at radius 3 is 2.56 bits per heavy atom. The number of hydrogen-bond acceptors (Lipinski definition) is 2. The Bertz CT molecular complexity index is 424. The molecule has 0 aliphatic heterocycles. The number of aliphatic carboxylic acids is 1. The minimum atomic E-state index is -2.81. The van der Waals surface area contributed by atoms with E-state index in [4.69, 9.17) is 5.11 Å². The van der Waals surface area contributed by atoms with Gasteiger partial charge in [0, 0.05) is 16.5 Å². The molecule has 0 amide bonds. The number of benzene rings is 1. The molecule has 0 spiro atoms. The number of alkyl halides is 3. The van der Waals surface area contributed by atoms with Gasteiger partial charge >= 0.3 is 5.97 Å². The van der Waals surface area contributed by atoms with Gasteiger partial charge in [-0.15, -0.1) is 0 Å². The Hall–Kier alpha value is -1.01. The molecule has 1 rings (SSSR count). The summed E-state index contributed by atoms with van der Waals surface area (Å²) in [6.07, 6.45) is -3.62. The zero-order chi connectivity index (χ0) is 13.7. The van der Waals surface area contributed by atoms with Gasteiger partial charge in [-0.1, -0.05) is 34.1 Å². The summed E-state index contributed by atoms with van der Waals surface area (Å²) in [7, 11) is 0. The second kappa shape index (κ2) is 6.80. The SMILES string of the molecule is O=C(O)C(O)c1c(CCCBr)cccc1C(F)F. The monoisotopic (exact) mass is 322 g/mol. The molecule has 0 bridgehead atoms. The van der Waals surface area contributed by atoms with E-state index in [-0.39, 0.29) is 5.56 Å². The summed E-state index contributed by atoms with van der Waals surface area (Å²) >= 11 is 3.22. The van der Waals surface area contributed by atoms with Gasteiger partial charge in [-0.2, -0.15) is 0 Å². The fourth-order valence-corrected chi connectivity index (χ4v) is 2.04. The second-order valence-electron chi connectivity index (χ2n) is 3.75. The minimum Gasteiger partial charge on any atom is -0.479 e. The van der Waals surface area contributed by atoms with Gasteiger partial charge < -0.3 is 10.2 Å². The summed E-state index contributed by atoms with van der Waals surface area (Å²) in [4.78, 5) is 10.8. The fraction of sp³-hybridized carbons (Fsp3) is 0.417. The van der Waals surface area contributed by atoms with Crippen LogP contribution in [0.15, 0.2) is 18.2 Å². The molecule has 0 saturated carbocycles. The molecule has 0 aromatic heterocycles. The Morgan fingerprint density at radius 2 is 2.06 bits per heavy atom. The van der Waals surface area contributed by atoms with Crippen LogP contribution in [0.4, 0.5) is 8.78 Å². The summed E-state index contributed by atoms with van der Waals surface area (Å²) in [6, 6.07) is 4.16. The van der Waals surface area contributed by atoms with Gasteiger partial charge in [-0.25, -0.2) is 13.6 Å². The Morgan fingerprint density at radius 1 is 1.39 bits per heavy atom. The summed E-state index contributed by atoms with van der Waals surface area (Å²) in [5.41, 5.74) is -0.153. The number of carboxylic acids is 1. The number of halogens is 3. The first-order valence-corrected chi connectivity index (χ1v) is 6.47. The smallest absolute Gasteiger partial charge is 0.337 e. The lowest BCUT2D eigenvalue weighted by atomic mass is 9.94. The van der Waals surface area contributed by atoms with Crippen molar-refractivity contribution in [1.29, 1.82) is 0 Å². The lowest BCUT2D eigenvalue weighted by Crippen LogP contribution is -2.15. The van der Waals surface area contributed by atoms with Crippen LogP contribution in [0.25, 0.3) is 0 Å². The zero-order valence-corrected chi connectivity index (χ0v) is 11.0. The normalized spacial score (nSPS) is 12.7. The maximum absolute atomic E-state index is 12.8. The number of aliphatic hydroxyl groups excluding tert-OH is 1. The average Bonchev–Trinajstić information content (AvgIpc) is 2.34. The number of hydrogen-bond donors (Lipinski definition) is 2. The van der Waals surface area contributed by atoms with Crippen LogP contribution in [0.3, 0.4) is 0 Å². The molecule has 1 aromatic carbocycles. The molecule has 2 N–H and O–H groups in total. The third-order valence-electron chi connectivity index (χ3n) is 2.55. The van der Waals surface area contributed by atoms with E-state index in [1.165, 1.54) is 6.07 Å². The predicted molar refractivity (Wildman–Crippen MR) is 66.1 cm³/mol. The molecule has 100 valence electrons. The molecule has 6 heteroatoms. The number of aliphatic hydroxyl groups is 1. The third kappa shape index (κ3) is 3.49. The first-order valence-electron chi connectivity index (χ1n) is 5.35. The van der Waals surface area contributed by atoms with E-state index in [2.05, 4.69) is 15.9 Å². The second-order valence-corrected chi connectivity index (χ2v) is 4.55. The summed E-state index contributed by atoms with van der Waals surface area (Å²) < 4.78 is 25.7. The van der Waals surface area contributed by atoms with E-state index < -0.39 is 24.1 Å². The Balaban J connectivity index is 3.24. The van der Waals surface area contributed by atoms with Crippen molar-refractivity contribution in [3.05, 3.63) is 34.9 Å². The molecule has 18 heavy (non-hydrogen) atoms. The summed E-state index contributed by atoms with van der Waals surface area (Å²) in [5, 5.41) is 19.0. The van der Waals surface area contributed by atoms with E-state index in [0.717, 1.165) is 6.07 Å². The molecule has 1 atom stereocenters. The molecule has 0 radical (unpaired) electrons. The van der Waals surface area contributed by atoms with Gasteiger partial charge in [0.05, 0.1) is 0 Å². The van der Waals surface area contributed by atoms with Crippen LogP contribution < -0.4 is 0 Å². The van der Waals surface area contributed by atoms with Crippen molar-refractivity contribution < 1.29 is 23.8 Å². The fourth-order valence-electron chi connectivity index (χ4n) is 1.76. The van der Waals surface area contributed by atoms with Crippen LogP contribution >= 0.6 is 15.9 Å². The number of carbonyl (C=O) groups is 1. The van der Waals surface area contributed by atoms with E-state index in [1.54, 1.807) is 6.07 Å². The molecular formula is C12H13BrF2O3. The highest BCUT2D eigenvalue weighted by Gasteiger charge is 2.26. The van der Waals surface area contributed by atoms with Crippen molar-refractivity contribution in [2.75, 3.05) is 5.33 Å². The third-order valence-corrected chi connectivity index (χ3v) is 3.11. The van der Waals surface area contributed by atoms with Crippen LogP contribution in [-0.4, -0.2) is 21.5 Å². The van der Waals surface area contributed by atoms with Crippen molar-refractivity contribution in [1.82, 2.24) is 0 Å². The Labute approximate surface area is 112 Å². The van der Waals surface area contributed by atoms with E-state index in [0.29, 0.717) is 23.7 Å². The van der Waals surface area contributed by atoms with E-state index in [9.17, 15) is 18.7 Å². The van der Waals surface area contributed by atoms with E-state index in [1.807, 2.05) is 0 Å². The molecular weight excluding hydrogens is 310 g/mol. The lowest BCUT2D eigenvalue weighted by Gasteiger charge is -2.16. The zero-order valence-electron chi connectivity index (χ0n) is 9.44. The van der Waals surface area contributed by atoms with Gasteiger partial charge in [0.1, 0.15) is 0 Å². The van der Waals surface area contributed by atoms with Crippen molar-refractivity contribution in [3.63, 3.8) is 0 Å². The molecule has 0 aliphatic rings. The largest absolute Gasteiger partial charge is 0.479 e. The van der Waals surface area contributed by atoms with Crippen LogP contribution in [0, 0.1) is 0 Å². The van der Waals surface area contributed by atoms with Crippen LogP contribution in [0.1, 0.15) is 35.6 Å².